The van der Waals surface area contributed by atoms with Crippen LogP contribution in [0.3, 0.4) is 0 Å². The third kappa shape index (κ3) is 1.66. The Bertz CT molecular complexity index is 342. The van der Waals surface area contributed by atoms with E-state index in [0.717, 1.165) is 12.1 Å². The molecule has 1 amide bonds. The Labute approximate surface area is 90.8 Å². The topological polar surface area (TPSA) is 32.3 Å². The summed E-state index contributed by atoms with van der Waals surface area (Å²) in [7, 11) is 0. The van der Waals surface area contributed by atoms with E-state index in [-0.39, 0.29) is 17.9 Å². The molecule has 15 heavy (non-hydrogen) atoms. The summed E-state index contributed by atoms with van der Waals surface area (Å²) in [5.41, 5.74) is 2.32. The molecule has 0 aromatic carbocycles. The first kappa shape index (κ1) is 10.3. The highest BCUT2D eigenvalue weighted by Crippen LogP contribution is 2.28. The molecule has 0 aromatic heterocycles. The monoisotopic (exact) mass is 206 g/mol. The largest absolute Gasteiger partial charge is 0.370 e. The van der Waals surface area contributed by atoms with Crippen molar-refractivity contribution in [1.82, 2.24) is 10.2 Å². The van der Waals surface area contributed by atoms with Gasteiger partial charge in [-0.3, -0.25) is 4.79 Å². The molecule has 82 valence electrons. The summed E-state index contributed by atoms with van der Waals surface area (Å²) in [6, 6.07) is 0.276. The fourth-order valence-corrected chi connectivity index (χ4v) is 2.24. The van der Waals surface area contributed by atoms with Crippen LogP contribution >= 0.6 is 0 Å². The van der Waals surface area contributed by atoms with Crippen molar-refractivity contribution in [3.63, 3.8) is 0 Å². The number of hydrogen-bond donors (Lipinski definition) is 1. The van der Waals surface area contributed by atoms with E-state index in [1.165, 1.54) is 5.57 Å². The van der Waals surface area contributed by atoms with E-state index in [1.54, 1.807) is 0 Å². The van der Waals surface area contributed by atoms with Gasteiger partial charge < -0.3 is 10.2 Å². The Morgan fingerprint density at radius 2 is 2.27 bits per heavy atom. The van der Waals surface area contributed by atoms with Crippen molar-refractivity contribution in [3.05, 3.63) is 23.4 Å². The molecule has 1 heterocycles. The zero-order chi connectivity index (χ0) is 11.0. The quantitative estimate of drug-likeness (QED) is 0.707. The first-order chi connectivity index (χ1) is 7.11. The Hall–Kier alpha value is -1.25. The Morgan fingerprint density at radius 1 is 1.53 bits per heavy atom. The van der Waals surface area contributed by atoms with Crippen molar-refractivity contribution >= 4 is 5.91 Å². The summed E-state index contributed by atoms with van der Waals surface area (Å²) in [5.74, 6) is 0.300. The van der Waals surface area contributed by atoms with Crippen LogP contribution in [0.4, 0.5) is 0 Å². The Balaban J connectivity index is 2.25. The highest BCUT2D eigenvalue weighted by molar-refractivity contribution is 5.83. The lowest BCUT2D eigenvalue weighted by atomic mass is 9.89. The molecule has 1 saturated heterocycles. The molecule has 0 radical (unpaired) electrons. The molecule has 1 aliphatic carbocycles. The number of nitrogens with one attached hydrogen (secondary N) is 1. The molecule has 1 fully saturated rings. The number of hydrogen-bond acceptors (Lipinski definition) is 2. The molecule has 0 saturated carbocycles. The van der Waals surface area contributed by atoms with Crippen molar-refractivity contribution in [1.29, 1.82) is 0 Å². The maximum absolute atomic E-state index is 12.2. The molecular weight excluding hydrogens is 188 g/mol. The van der Waals surface area contributed by atoms with Crippen LogP contribution in [-0.4, -0.2) is 23.5 Å². The molecule has 0 aromatic rings. The second-order valence-electron chi connectivity index (χ2n) is 4.52. The molecule has 1 N–H and O–H groups in total. The summed E-state index contributed by atoms with van der Waals surface area (Å²) >= 11 is 0. The number of allylic oxidation sites excluding steroid dienone is 3. The molecule has 0 spiro atoms. The number of carbonyl (C=O) groups excluding carboxylic acids is 1. The van der Waals surface area contributed by atoms with Crippen molar-refractivity contribution in [3.8, 4) is 0 Å². The van der Waals surface area contributed by atoms with Crippen LogP contribution in [0.15, 0.2) is 23.4 Å². The second kappa shape index (κ2) is 3.72. The molecule has 3 heteroatoms. The Morgan fingerprint density at radius 3 is 2.93 bits per heavy atom. The summed E-state index contributed by atoms with van der Waals surface area (Å²) < 4.78 is 0. The third-order valence-electron chi connectivity index (χ3n) is 3.16. The molecule has 1 unspecified atom stereocenters. The second-order valence-corrected chi connectivity index (χ2v) is 4.52. The molecule has 1 aliphatic heterocycles. The van der Waals surface area contributed by atoms with Gasteiger partial charge in [-0.15, -0.1) is 0 Å². The predicted molar refractivity (Wildman–Crippen MR) is 59.9 cm³/mol. The van der Waals surface area contributed by atoms with Crippen molar-refractivity contribution < 1.29 is 4.79 Å². The van der Waals surface area contributed by atoms with Crippen LogP contribution in [0.5, 0.6) is 0 Å². The number of carbonyl (C=O) groups is 1. The third-order valence-corrected chi connectivity index (χ3v) is 3.16. The van der Waals surface area contributed by atoms with E-state index in [2.05, 4.69) is 38.2 Å². The Kier molecular flexibility index (Phi) is 2.55. The molecule has 2 rings (SSSR count). The van der Waals surface area contributed by atoms with Crippen molar-refractivity contribution in [2.24, 2.45) is 5.92 Å². The summed E-state index contributed by atoms with van der Waals surface area (Å²) in [5, 5.41) is 3.37. The van der Waals surface area contributed by atoms with Gasteiger partial charge >= 0.3 is 0 Å². The van der Waals surface area contributed by atoms with Gasteiger partial charge in [-0.2, -0.15) is 0 Å². The first-order valence-electron chi connectivity index (χ1n) is 5.53. The number of rotatable bonds is 1. The minimum Gasteiger partial charge on any atom is -0.370 e. The SMILES string of the molecule is CC1=C2NCN(C(C)C)C(=O)C2CC=C1. The van der Waals surface area contributed by atoms with Gasteiger partial charge in [0, 0.05) is 11.7 Å². The fraction of sp³-hybridized carbons (Fsp3) is 0.583. The summed E-state index contributed by atoms with van der Waals surface area (Å²) in [4.78, 5) is 14.1. The lowest BCUT2D eigenvalue weighted by molar-refractivity contribution is -0.138. The van der Waals surface area contributed by atoms with Crippen LogP contribution < -0.4 is 5.32 Å². The standard InChI is InChI=1S/C12H18N2O/c1-8(2)14-7-13-11-9(3)5-4-6-10(11)12(14)15/h4-5,8,10,13H,6-7H2,1-3H3. The number of nitrogens with zero attached hydrogens (tertiary/aromatic N) is 1. The van der Waals surface area contributed by atoms with E-state index < -0.39 is 0 Å². The van der Waals surface area contributed by atoms with Gasteiger partial charge in [0.25, 0.3) is 0 Å². The molecule has 2 aliphatic rings. The van der Waals surface area contributed by atoms with Crippen LogP contribution in [0, 0.1) is 5.92 Å². The highest BCUT2D eigenvalue weighted by atomic mass is 16.2. The zero-order valence-electron chi connectivity index (χ0n) is 9.58. The van der Waals surface area contributed by atoms with Crippen molar-refractivity contribution in [2.45, 2.75) is 33.2 Å². The maximum atomic E-state index is 12.2. The normalized spacial score (nSPS) is 25.7. The summed E-state index contributed by atoms with van der Waals surface area (Å²) in [6.45, 7) is 6.82. The van der Waals surface area contributed by atoms with Gasteiger partial charge in [-0.05, 0) is 32.8 Å². The number of fused-ring (bicyclic) bond motifs is 1. The highest BCUT2D eigenvalue weighted by Gasteiger charge is 2.34. The minimum absolute atomic E-state index is 0.0335. The van der Waals surface area contributed by atoms with Gasteiger partial charge in [0.1, 0.15) is 0 Å². The van der Waals surface area contributed by atoms with Crippen LogP contribution in [0.25, 0.3) is 0 Å². The average molecular weight is 206 g/mol. The molecule has 0 bridgehead atoms. The average Bonchev–Trinajstić information content (AvgIpc) is 2.19. The van der Waals surface area contributed by atoms with Gasteiger partial charge in [-0.1, -0.05) is 12.2 Å². The first-order valence-corrected chi connectivity index (χ1v) is 5.53. The van der Waals surface area contributed by atoms with E-state index in [0.29, 0.717) is 6.67 Å². The predicted octanol–water partition coefficient (Wildman–Crippen LogP) is 1.63. The summed E-state index contributed by atoms with van der Waals surface area (Å²) in [6.07, 6.45) is 5.02. The van der Waals surface area contributed by atoms with Gasteiger partial charge in [0.15, 0.2) is 0 Å². The lowest BCUT2D eigenvalue weighted by Crippen LogP contribution is -2.53. The maximum Gasteiger partial charge on any atom is 0.233 e. The lowest BCUT2D eigenvalue weighted by Gasteiger charge is -2.39. The van der Waals surface area contributed by atoms with Crippen LogP contribution in [-0.2, 0) is 4.79 Å². The number of amides is 1. The molecule has 3 nitrogen and oxygen atoms in total. The fourth-order valence-electron chi connectivity index (χ4n) is 2.24. The van der Waals surface area contributed by atoms with Crippen LogP contribution in [0.1, 0.15) is 27.2 Å². The van der Waals surface area contributed by atoms with E-state index in [9.17, 15) is 4.79 Å². The van der Waals surface area contributed by atoms with Gasteiger partial charge in [0.2, 0.25) is 5.91 Å². The van der Waals surface area contributed by atoms with E-state index >= 15 is 0 Å². The molecule has 1 atom stereocenters. The smallest absolute Gasteiger partial charge is 0.233 e. The van der Waals surface area contributed by atoms with Crippen molar-refractivity contribution in [2.75, 3.05) is 6.67 Å². The zero-order valence-corrected chi connectivity index (χ0v) is 9.58. The van der Waals surface area contributed by atoms with Gasteiger partial charge in [0.05, 0.1) is 12.6 Å². The van der Waals surface area contributed by atoms with Crippen LogP contribution in [0.2, 0.25) is 0 Å². The van der Waals surface area contributed by atoms with E-state index in [4.69, 9.17) is 0 Å². The van der Waals surface area contributed by atoms with E-state index in [1.807, 2.05) is 4.90 Å². The van der Waals surface area contributed by atoms with Gasteiger partial charge in [-0.25, -0.2) is 0 Å². The molecular formula is C12H18N2O. The minimum atomic E-state index is 0.0335.